The van der Waals surface area contributed by atoms with Crippen LogP contribution in [0.2, 0.25) is 0 Å². The van der Waals surface area contributed by atoms with E-state index in [-0.39, 0.29) is 0 Å². The minimum Gasteiger partial charge on any atom is -0.493 e. The molecule has 0 atom stereocenters. The fourth-order valence-corrected chi connectivity index (χ4v) is 4.43. The summed E-state index contributed by atoms with van der Waals surface area (Å²) < 4.78 is 11.6. The SMILES string of the molecule is COc1cc(C(=S)N2CCC(Cc3ccccc3)CC2)ccc1OCc1ccccc1. The Morgan fingerprint density at radius 2 is 1.52 bits per heavy atom. The summed E-state index contributed by atoms with van der Waals surface area (Å²) in [4.78, 5) is 3.22. The van der Waals surface area contributed by atoms with Gasteiger partial charge in [0.2, 0.25) is 0 Å². The summed E-state index contributed by atoms with van der Waals surface area (Å²) in [6, 6.07) is 26.9. The molecule has 3 nitrogen and oxygen atoms in total. The van der Waals surface area contributed by atoms with Crippen LogP contribution in [0.4, 0.5) is 0 Å². The van der Waals surface area contributed by atoms with Crippen LogP contribution in [0, 0.1) is 5.92 Å². The van der Waals surface area contributed by atoms with Crippen molar-refractivity contribution in [2.75, 3.05) is 20.2 Å². The van der Waals surface area contributed by atoms with E-state index >= 15 is 0 Å². The van der Waals surface area contributed by atoms with Gasteiger partial charge in [-0.1, -0.05) is 72.9 Å². The first kappa shape index (κ1) is 21.4. The van der Waals surface area contributed by atoms with Gasteiger partial charge in [0.25, 0.3) is 0 Å². The number of methoxy groups -OCH3 is 1. The van der Waals surface area contributed by atoms with Crippen molar-refractivity contribution in [1.29, 1.82) is 0 Å². The summed E-state index contributed by atoms with van der Waals surface area (Å²) in [5, 5.41) is 0. The quantitative estimate of drug-likeness (QED) is 0.434. The van der Waals surface area contributed by atoms with Crippen molar-refractivity contribution in [3.63, 3.8) is 0 Å². The van der Waals surface area contributed by atoms with Crippen LogP contribution in [0.5, 0.6) is 11.5 Å². The third-order valence-electron chi connectivity index (χ3n) is 5.92. The lowest BCUT2D eigenvalue weighted by Crippen LogP contribution is -2.38. The summed E-state index contributed by atoms with van der Waals surface area (Å²) in [5.41, 5.74) is 3.57. The van der Waals surface area contributed by atoms with Gasteiger partial charge in [-0.3, -0.25) is 0 Å². The first-order chi connectivity index (χ1) is 15.2. The molecule has 3 aromatic carbocycles. The summed E-state index contributed by atoms with van der Waals surface area (Å²) in [6.45, 7) is 2.52. The predicted octanol–water partition coefficient (Wildman–Crippen LogP) is 5.90. The molecule has 0 N–H and O–H groups in total. The molecule has 31 heavy (non-hydrogen) atoms. The minimum absolute atomic E-state index is 0.510. The summed E-state index contributed by atoms with van der Waals surface area (Å²) >= 11 is 5.83. The maximum atomic E-state index is 5.98. The van der Waals surface area contributed by atoms with Crippen LogP contribution < -0.4 is 9.47 Å². The molecule has 1 heterocycles. The van der Waals surface area contributed by atoms with Crippen molar-refractivity contribution in [2.24, 2.45) is 5.92 Å². The van der Waals surface area contributed by atoms with E-state index in [0.717, 1.165) is 53.0 Å². The smallest absolute Gasteiger partial charge is 0.161 e. The number of thiocarbonyl (C=S) groups is 1. The third-order valence-corrected chi connectivity index (χ3v) is 6.41. The Balaban J connectivity index is 1.35. The molecule has 4 rings (SSSR count). The Hall–Kier alpha value is -2.85. The maximum Gasteiger partial charge on any atom is 0.161 e. The van der Waals surface area contributed by atoms with Crippen molar-refractivity contribution >= 4 is 17.2 Å². The van der Waals surface area contributed by atoms with Gasteiger partial charge < -0.3 is 14.4 Å². The molecular weight excluding hydrogens is 402 g/mol. The highest BCUT2D eigenvalue weighted by Crippen LogP contribution is 2.30. The molecular formula is C27H29NO2S. The van der Waals surface area contributed by atoms with Crippen LogP contribution >= 0.6 is 12.2 Å². The number of hydrogen-bond acceptors (Lipinski definition) is 3. The second-order valence-corrected chi connectivity index (χ2v) is 8.45. The van der Waals surface area contributed by atoms with Crippen molar-refractivity contribution < 1.29 is 9.47 Å². The van der Waals surface area contributed by atoms with Gasteiger partial charge >= 0.3 is 0 Å². The number of likely N-dealkylation sites (tertiary alicyclic amines) is 1. The lowest BCUT2D eigenvalue weighted by atomic mass is 9.90. The summed E-state index contributed by atoms with van der Waals surface area (Å²) in [7, 11) is 1.67. The lowest BCUT2D eigenvalue weighted by molar-refractivity contribution is 0.268. The van der Waals surface area contributed by atoms with Gasteiger partial charge in [0.1, 0.15) is 11.6 Å². The van der Waals surface area contributed by atoms with E-state index in [9.17, 15) is 0 Å². The molecule has 0 aromatic heterocycles. The van der Waals surface area contributed by atoms with E-state index in [1.165, 1.54) is 18.4 Å². The minimum atomic E-state index is 0.510. The molecule has 0 amide bonds. The molecule has 0 unspecified atom stereocenters. The lowest BCUT2D eigenvalue weighted by Gasteiger charge is -2.34. The van der Waals surface area contributed by atoms with E-state index < -0.39 is 0 Å². The van der Waals surface area contributed by atoms with Crippen LogP contribution in [-0.4, -0.2) is 30.1 Å². The van der Waals surface area contributed by atoms with Gasteiger partial charge in [-0.05, 0) is 54.5 Å². The van der Waals surface area contributed by atoms with Crippen LogP contribution in [0.3, 0.4) is 0 Å². The van der Waals surface area contributed by atoms with Gasteiger partial charge in [-0.15, -0.1) is 0 Å². The van der Waals surface area contributed by atoms with E-state index in [1.807, 2.05) is 36.4 Å². The zero-order chi connectivity index (χ0) is 21.5. The third kappa shape index (κ3) is 5.65. The van der Waals surface area contributed by atoms with E-state index in [4.69, 9.17) is 21.7 Å². The standard InChI is InChI=1S/C27H29NO2S/c1-29-26-19-24(12-13-25(26)30-20-23-10-6-3-7-11-23)27(31)28-16-14-22(15-17-28)18-21-8-4-2-5-9-21/h2-13,19,22H,14-18,20H2,1H3. The van der Waals surface area contributed by atoms with Crippen LogP contribution in [0.1, 0.15) is 29.5 Å². The monoisotopic (exact) mass is 431 g/mol. The second kappa shape index (κ2) is 10.5. The fourth-order valence-electron chi connectivity index (χ4n) is 4.13. The number of hydrogen-bond donors (Lipinski definition) is 0. The van der Waals surface area contributed by atoms with Crippen LogP contribution in [0.15, 0.2) is 78.9 Å². The molecule has 0 saturated carbocycles. The molecule has 0 bridgehead atoms. The van der Waals surface area contributed by atoms with Crippen molar-refractivity contribution in [1.82, 2.24) is 4.90 Å². The fraction of sp³-hybridized carbons (Fsp3) is 0.296. The zero-order valence-electron chi connectivity index (χ0n) is 18.0. The Bertz CT molecular complexity index is 983. The summed E-state index contributed by atoms with van der Waals surface area (Å²) in [5.74, 6) is 2.18. The Kier molecular flexibility index (Phi) is 7.21. The molecule has 1 aliphatic rings. The average molecular weight is 432 g/mol. The van der Waals surface area contributed by atoms with Crippen LogP contribution in [-0.2, 0) is 13.0 Å². The first-order valence-corrected chi connectivity index (χ1v) is 11.3. The highest BCUT2D eigenvalue weighted by atomic mass is 32.1. The van der Waals surface area contributed by atoms with E-state index in [2.05, 4.69) is 47.4 Å². The average Bonchev–Trinajstić information content (AvgIpc) is 2.84. The molecule has 0 spiro atoms. The van der Waals surface area contributed by atoms with Crippen LogP contribution in [0.25, 0.3) is 0 Å². The predicted molar refractivity (Wildman–Crippen MR) is 130 cm³/mol. The van der Waals surface area contributed by atoms with Gasteiger partial charge in [0.05, 0.1) is 7.11 Å². The summed E-state index contributed by atoms with van der Waals surface area (Å²) in [6.07, 6.45) is 3.50. The van der Waals surface area contributed by atoms with E-state index in [0.29, 0.717) is 6.61 Å². The molecule has 1 saturated heterocycles. The molecule has 0 aliphatic carbocycles. The normalized spacial score (nSPS) is 14.3. The highest BCUT2D eigenvalue weighted by Gasteiger charge is 2.22. The molecule has 4 heteroatoms. The van der Waals surface area contributed by atoms with Crippen molar-refractivity contribution in [3.8, 4) is 11.5 Å². The molecule has 1 aliphatic heterocycles. The Labute approximate surface area is 190 Å². The topological polar surface area (TPSA) is 21.7 Å². The second-order valence-electron chi connectivity index (χ2n) is 8.07. The molecule has 1 fully saturated rings. The molecule has 160 valence electrons. The number of piperidine rings is 1. The van der Waals surface area contributed by atoms with Crippen molar-refractivity contribution in [2.45, 2.75) is 25.9 Å². The zero-order valence-corrected chi connectivity index (χ0v) is 18.8. The number of rotatable bonds is 7. The number of benzene rings is 3. The number of nitrogens with zero attached hydrogens (tertiary/aromatic N) is 1. The maximum absolute atomic E-state index is 5.98. The van der Waals surface area contributed by atoms with Gasteiger partial charge in [-0.2, -0.15) is 0 Å². The van der Waals surface area contributed by atoms with Gasteiger partial charge in [-0.25, -0.2) is 0 Å². The van der Waals surface area contributed by atoms with Gasteiger partial charge in [0, 0.05) is 18.7 Å². The first-order valence-electron chi connectivity index (χ1n) is 10.9. The Morgan fingerprint density at radius 3 is 2.16 bits per heavy atom. The Morgan fingerprint density at radius 1 is 0.871 bits per heavy atom. The molecule has 0 radical (unpaired) electrons. The largest absolute Gasteiger partial charge is 0.493 e. The highest BCUT2D eigenvalue weighted by molar-refractivity contribution is 7.80. The molecule has 3 aromatic rings. The number of ether oxygens (including phenoxy) is 2. The van der Waals surface area contributed by atoms with Crippen molar-refractivity contribution in [3.05, 3.63) is 95.6 Å². The van der Waals surface area contributed by atoms with E-state index in [1.54, 1.807) is 7.11 Å². The van der Waals surface area contributed by atoms with Gasteiger partial charge in [0.15, 0.2) is 11.5 Å².